The van der Waals surface area contributed by atoms with E-state index < -0.39 is 0 Å². The molecule has 0 aliphatic heterocycles. The Hall–Kier alpha value is -0.870. The van der Waals surface area contributed by atoms with Gasteiger partial charge < -0.3 is 11.1 Å². The van der Waals surface area contributed by atoms with Crippen LogP contribution in [0.5, 0.6) is 0 Å². The van der Waals surface area contributed by atoms with E-state index in [0.717, 1.165) is 24.2 Å². The van der Waals surface area contributed by atoms with Crippen molar-refractivity contribution in [2.24, 2.45) is 0 Å². The van der Waals surface area contributed by atoms with Crippen LogP contribution >= 0.6 is 23.4 Å². The van der Waals surface area contributed by atoms with Crippen LogP contribution in [0.2, 0.25) is 5.02 Å². The molecule has 1 fully saturated rings. The molecule has 0 bridgehead atoms. The topological polar surface area (TPSA) is 55.1 Å². The molecule has 0 spiro atoms. The average Bonchev–Trinajstić information content (AvgIpc) is 3.05. The first-order valence-electron chi connectivity index (χ1n) is 5.56. The minimum Gasteiger partial charge on any atom is -0.399 e. The Balaban J connectivity index is 1.75. The molecule has 1 aliphatic rings. The van der Waals surface area contributed by atoms with Crippen molar-refractivity contribution in [2.75, 3.05) is 11.5 Å². The maximum Gasteiger partial charge on any atom is 0.230 e. The Kier molecular flexibility index (Phi) is 4.18. The largest absolute Gasteiger partial charge is 0.399 e. The molecule has 0 aromatic heterocycles. The number of carbonyl (C=O) groups excluding carboxylic acids is 1. The zero-order valence-corrected chi connectivity index (χ0v) is 11.0. The number of nitrogens with one attached hydrogen (secondary N) is 1. The minimum atomic E-state index is 0.115. The molecule has 92 valence electrons. The van der Waals surface area contributed by atoms with Gasteiger partial charge in [-0.15, -0.1) is 11.8 Å². The number of rotatable bonds is 5. The Morgan fingerprint density at radius 2 is 2.29 bits per heavy atom. The maximum atomic E-state index is 11.4. The van der Waals surface area contributed by atoms with Gasteiger partial charge in [0.15, 0.2) is 0 Å². The molecule has 0 heterocycles. The molecule has 0 unspecified atom stereocenters. The summed E-state index contributed by atoms with van der Waals surface area (Å²) >= 11 is 7.61. The van der Waals surface area contributed by atoms with Crippen LogP contribution in [0.4, 0.5) is 5.69 Å². The molecule has 5 heteroatoms. The summed E-state index contributed by atoms with van der Waals surface area (Å²) in [7, 11) is 0. The van der Waals surface area contributed by atoms with Gasteiger partial charge >= 0.3 is 0 Å². The summed E-state index contributed by atoms with van der Waals surface area (Å²) in [5, 5.41) is 3.62. The number of anilines is 1. The van der Waals surface area contributed by atoms with E-state index in [9.17, 15) is 4.79 Å². The molecule has 0 saturated heterocycles. The van der Waals surface area contributed by atoms with Crippen molar-refractivity contribution in [3.05, 3.63) is 28.8 Å². The Morgan fingerprint density at radius 3 is 2.94 bits per heavy atom. The highest BCUT2D eigenvalue weighted by molar-refractivity contribution is 7.99. The number of hydrogen-bond donors (Lipinski definition) is 2. The fraction of sp³-hybridized carbons (Fsp3) is 0.417. The van der Waals surface area contributed by atoms with E-state index in [0.29, 0.717) is 22.5 Å². The summed E-state index contributed by atoms with van der Waals surface area (Å²) in [6.45, 7) is 0. The predicted octanol–water partition coefficient (Wildman–Crippen LogP) is 2.43. The van der Waals surface area contributed by atoms with E-state index >= 15 is 0 Å². The van der Waals surface area contributed by atoms with Crippen molar-refractivity contribution in [2.45, 2.75) is 24.6 Å². The van der Waals surface area contributed by atoms with Crippen LogP contribution in [0.3, 0.4) is 0 Å². The standard InChI is InChI=1S/C12H15ClN2OS/c13-11-5-9(14)2-1-8(11)6-17-7-12(16)15-10-3-4-10/h1-2,5,10H,3-4,6-7,14H2,(H,15,16). The summed E-state index contributed by atoms with van der Waals surface area (Å²) in [6.07, 6.45) is 2.25. The number of halogens is 1. The normalized spacial score (nSPS) is 14.6. The van der Waals surface area contributed by atoms with Crippen molar-refractivity contribution in [1.29, 1.82) is 0 Å². The van der Waals surface area contributed by atoms with E-state index in [1.165, 1.54) is 0 Å². The summed E-state index contributed by atoms with van der Waals surface area (Å²) in [5.74, 6) is 1.33. The van der Waals surface area contributed by atoms with Crippen LogP contribution in [0, 0.1) is 0 Å². The van der Waals surface area contributed by atoms with E-state index in [1.807, 2.05) is 12.1 Å². The second kappa shape index (κ2) is 5.65. The van der Waals surface area contributed by atoms with Gasteiger partial charge in [-0.3, -0.25) is 4.79 Å². The summed E-state index contributed by atoms with van der Waals surface area (Å²) in [6, 6.07) is 5.90. The number of benzene rings is 1. The lowest BCUT2D eigenvalue weighted by atomic mass is 10.2. The molecule has 1 saturated carbocycles. The van der Waals surface area contributed by atoms with Gasteiger partial charge in [0, 0.05) is 22.5 Å². The highest BCUT2D eigenvalue weighted by atomic mass is 35.5. The molecule has 3 N–H and O–H groups in total. The van der Waals surface area contributed by atoms with Crippen molar-refractivity contribution in [3.63, 3.8) is 0 Å². The number of carbonyl (C=O) groups is 1. The highest BCUT2D eigenvalue weighted by Crippen LogP contribution is 2.24. The van der Waals surface area contributed by atoms with Crippen LogP contribution in [0.1, 0.15) is 18.4 Å². The fourth-order valence-corrected chi connectivity index (χ4v) is 2.61. The molecule has 17 heavy (non-hydrogen) atoms. The highest BCUT2D eigenvalue weighted by Gasteiger charge is 2.22. The minimum absolute atomic E-state index is 0.115. The van der Waals surface area contributed by atoms with Gasteiger partial charge in [0.2, 0.25) is 5.91 Å². The average molecular weight is 271 g/mol. The second-order valence-electron chi connectivity index (χ2n) is 4.19. The zero-order valence-electron chi connectivity index (χ0n) is 9.41. The van der Waals surface area contributed by atoms with E-state index in [4.69, 9.17) is 17.3 Å². The number of nitrogens with two attached hydrogens (primary N) is 1. The second-order valence-corrected chi connectivity index (χ2v) is 5.58. The summed E-state index contributed by atoms with van der Waals surface area (Å²) < 4.78 is 0. The van der Waals surface area contributed by atoms with Crippen molar-refractivity contribution < 1.29 is 4.79 Å². The third kappa shape index (κ3) is 4.13. The molecule has 1 aromatic carbocycles. The van der Waals surface area contributed by atoms with Gasteiger partial charge in [0.25, 0.3) is 0 Å². The van der Waals surface area contributed by atoms with E-state index in [1.54, 1.807) is 17.8 Å². The molecule has 1 aromatic rings. The monoisotopic (exact) mass is 270 g/mol. The van der Waals surface area contributed by atoms with Crippen LogP contribution in [-0.4, -0.2) is 17.7 Å². The van der Waals surface area contributed by atoms with E-state index in [2.05, 4.69) is 5.32 Å². The third-order valence-corrected chi connectivity index (χ3v) is 3.84. The van der Waals surface area contributed by atoms with Crippen molar-refractivity contribution in [3.8, 4) is 0 Å². The summed E-state index contributed by atoms with van der Waals surface area (Å²) in [4.78, 5) is 11.4. The first-order chi connectivity index (χ1) is 8.15. The SMILES string of the molecule is Nc1ccc(CSCC(=O)NC2CC2)c(Cl)c1. The number of nitrogen functional groups attached to an aromatic ring is 1. The zero-order chi connectivity index (χ0) is 12.3. The quantitative estimate of drug-likeness (QED) is 0.808. The lowest BCUT2D eigenvalue weighted by Gasteiger charge is -2.05. The maximum absolute atomic E-state index is 11.4. The molecule has 0 radical (unpaired) electrons. The smallest absolute Gasteiger partial charge is 0.230 e. The molecular weight excluding hydrogens is 256 g/mol. The predicted molar refractivity (Wildman–Crippen MR) is 73.2 cm³/mol. The van der Waals surface area contributed by atoms with Crippen molar-refractivity contribution >= 4 is 35.0 Å². The lowest BCUT2D eigenvalue weighted by molar-refractivity contribution is -0.118. The van der Waals surface area contributed by atoms with Gasteiger partial charge in [0.1, 0.15) is 0 Å². The first-order valence-corrected chi connectivity index (χ1v) is 7.09. The Bertz CT molecular complexity index is 421. The first kappa shape index (κ1) is 12.6. The van der Waals surface area contributed by atoms with Gasteiger partial charge in [-0.1, -0.05) is 17.7 Å². The van der Waals surface area contributed by atoms with Gasteiger partial charge in [0.05, 0.1) is 5.75 Å². The van der Waals surface area contributed by atoms with Crippen LogP contribution in [-0.2, 0) is 10.5 Å². The van der Waals surface area contributed by atoms with Crippen LogP contribution < -0.4 is 11.1 Å². The summed E-state index contributed by atoms with van der Waals surface area (Å²) in [5.41, 5.74) is 7.29. The number of thioether (sulfide) groups is 1. The molecule has 3 nitrogen and oxygen atoms in total. The fourth-order valence-electron chi connectivity index (χ4n) is 1.43. The number of amides is 1. The van der Waals surface area contributed by atoms with Crippen LogP contribution in [0.25, 0.3) is 0 Å². The molecule has 1 amide bonds. The Labute approximate surface area is 110 Å². The molecule has 0 atom stereocenters. The Morgan fingerprint density at radius 1 is 1.53 bits per heavy atom. The molecular formula is C12H15ClN2OS. The van der Waals surface area contributed by atoms with E-state index in [-0.39, 0.29) is 5.91 Å². The van der Waals surface area contributed by atoms with Gasteiger partial charge in [-0.25, -0.2) is 0 Å². The van der Waals surface area contributed by atoms with Gasteiger partial charge in [-0.05, 0) is 30.5 Å². The van der Waals surface area contributed by atoms with Crippen LogP contribution in [0.15, 0.2) is 18.2 Å². The van der Waals surface area contributed by atoms with Gasteiger partial charge in [-0.2, -0.15) is 0 Å². The third-order valence-electron chi connectivity index (χ3n) is 2.51. The number of hydrogen-bond acceptors (Lipinski definition) is 3. The lowest BCUT2D eigenvalue weighted by Crippen LogP contribution is -2.27. The molecule has 1 aliphatic carbocycles. The molecule has 2 rings (SSSR count). The van der Waals surface area contributed by atoms with Crippen molar-refractivity contribution in [1.82, 2.24) is 5.32 Å².